The van der Waals surface area contributed by atoms with Crippen molar-refractivity contribution in [1.29, 1.82) is 0 Å². The van der Waals surface area contributed by atoms with Crippen molar-refractivity contribution >= 4 is 43.5 Å². The second kappa shape index (κ2) is 7.34. The van der Waals surface area contributed by atoms with Crippen LogP contribution in [0.2, 0.25) is 0 Å². The first-order valence-corrected chi connectivity index (χ1v) is 10.7. The highest BCUT2D eigenvalue weighted by Crippen LogP contribution is 2.28. The number of pyridine rings is 1. The number of carbonyl (C=O) groups excluding carboxylic acids is 1. The van der Waals surface area contributed by atoms with Crippen LogP contribution in [0.1, 0.15) is 22.8 Å². The van der Waals surface area contributed by atoms with Crippen LogP contribution in [-0.4, -0.2) is 31.0 Å². The number of aryl methyl sites for hydroxylation is 1. The number of nitrogens with one attached hydrogen (secondary N) is 3. The van der Waals surface area contributed by atoms with Gasteiger partial charge in [0.15, 0.2) is 0 Å². The molecule has 2 aromatic carbocycles. The molecule has 0 spiro atoms. The summed E-state index contributed by atoms with van der Waals surface area (Å²) in [6.45, 7) is 3.72. The summed E-state index contributed by atoms with van der Waals surface area (Å²) in [5.74, 6) is -0.596. The van der Waals surface area contributed by atoms with E-state index in [0.717, 1.165) is 5.56 Å². The number of fused-ring (bicyclic) bond motifs is 3. The van der Waals surface area contributed by atoms with Crippen LogP contribution in [0.4, 0.5) is 5.69 Å². The Bertz CT molecular complexity index is 1450. The molecule has 0 amide bonds. The molecule has 8 nitrogen and oxygen atoms in total. The number of hydrogen-bond donors (Lipinski definition) is 3. The molecule has 0 aliphatic heterocycles. The minimum atomic E-state index is -3.90. The summed E-state index contributed by atoms with van der Waals surface area (Å²) in [7, 11) is -3.90. The first-order valence-electron chi connectivity index (χ1n) is 9.24. The average molecular weight is 425 g/mol. The standard InChI is InChI=1S/C21H19N3O5S/c1-3-29-21(26)16-11-22-19-18(16)15-10-14(7-8-17(15)23-20(19)25)30(27,28)24-13-6-4-5-12(2)9-13/h4-11,22,24H,3H2,1-2H3,(H,23,25). The Labute approximate surface area is 171 Å². The first kappa shape index (κ1) is 19.7. The monoisotopic (exact) mass is 425 g/mol. The Morgan fingerprint density at radius 3 is 2.70 bits per heavy atom. The van der Waals surface area contributed by atoms with Gasteiger partial charge in [-0.2, -0.15) is 0 Å². The molecule has 4 rings (SSSR count). The van der Waals surface area contributed by atoms with Crippen LogP contribution in [0.25, 0.3) is 21.8 Å². The van der Waals surface area contributed by atoms with E-state index in [1.54, 1.807) is 25.1 Å². The summed E-state index contributed by atoms with van der Waals surface area (Å²) in [5.41, 5.74) is 1.69. The fourth-order valence-corrected chi connectivity index (χ4v) is 4.44. The van der Waals surface area contributed by atoms with Crippen molar-refractivity contribution in [3.8, 4) is 0 Å². The maximum atomic E-state index is 12.9. The molecule has 0 aliphatic rings. The molecule has 30 heavy (non-hydrogen) atoms. The van der Waals surface area contributed by atoms with Gasteiger partial charge >= 0.3 is 5.97 Å². The molecule has 2 aromatic heterocycles. The lowest BCUT2D eigenvalue weighted by atomic mass is 10.1. The van der Waals surface area contributed by atoms with Gasteiger partial charge in [-0.15, -0.1) is 0 Å². The number of H-pyrrole nitrogens is 2. The minimum absolute atomic E-state index is 0.000800. The van der Waals surface area contributed by atoms with Gasteiger partial charge in [0.1, 0.15) is 5.52 Å². The number of carbonyl (C=O) groups is 1. The van der Waals surface area contributed by atoms with Crippen LogP contribution < -0.4 is 10.3 Å². The van der Waals surface area contributed by atoms with Gasteiger partial charge in [-0.1, -0.05) is 12.1 Å². The zero-order chi connectivity index (χ0) is 21.5. The van der Waals surface area contributed by atoms with Crippen molar-refractivity contribution in [2.45, 2.75) is 18.7 Å². The van der Waals surface area contributed by atoms with Crippen molar-refractivity contribution in [2.24, 2.45) is 0 Å². The van der Waals surface area contributed by atoms with Gasteiger partial charge in [-0.05, 0) is 49.7 Å². The van der Waals surface area contributed by atoms with Crippen molar-refractivity contribution < 1.29 is 17.9 Å². The normalized spacial score (nSPS) is 11.7. The molecule has 3 N–H and O–H groups in total. The van der Waals surface area contributed by atoms with Crippen molar-refractivity contribution in [2.75, 3.05) is 11.3 Å². The molecule has 0 saturated heterocycles. The van der Waals surface area contributed by atoms with Crippen LogP contribution in [-0.2, 0) is 14.8 Å². The molecule has 0 saturated carbocycles. The largest absolute Gasteiger partial charge is 0.462 e. The van der Waals surface area contributed by atoms with E-state index in [4.69, 9.17) is 4.74 Å². The van der Waals surface area contributed by atoms with E-state index >= 15 is 0 Å². The van der Waals surface area contributed by atoms with Crippen LogP contribution in [0.5, 0.6) is 0 Å². The van der Waals surface area contributed by atoms with E-state index < -0.39 is 21.6 Å². The van der Waals surface area contributed by atoms with E-state index in [9.17, 15) is 18.0 Å². The molecule has 0 radical (unpaired) electrons. The third-order valence-corrected chi connectivity index (χ3v) is 6.07. The summed E-state index contributed by atoms with van der Waals surface area (Å²) >= 11 is 0. The highest BCUT2D eigenvalue weighted by molar-refractivity contribution is 7.92. The van der Waals surface area contributed by atoms with E-state index in [-0.39, 0.29) is 22.6 Å². The number of aromatic nitrogens is 2. The van der Waals surface area contributed by atoms with Crippen molar-refractivity contribution in [3.05, 3.63) is 70.1 Å². The zero-order valence-electron chi connectivity index (χ0n) is 16.3. The Kier molecular flexibility index (Phi) is 4.83. The third kappa shape index (κ3) is 3.43. The summed E-state index contributed by atoms with van der Waals surface area (Å²) < 4.78 is 33.5. The fourth-order valence-electron chi connectivity index (χ4n) is 3.37. The first-order chi connectivity index (χ1) is 14.3. The Morgan fingerprint density at radius 1 is 1.17 bits per heavy atom. The van der Waals surface area contributed by atoms with Gasteiger partial charge in [0.05, 0.1) is 17.1 Å². The van der Waals surface area contributed by atoms with Gasteiger partial charge in [0, 0.05) is 28.2 Å². The highest BCUT2D eigenvalue weighted by Gasteiger charge is 2.21. The number of rotatable bonds is 5. The van der Waals surface area contributed by atoms with Crippen LogP contribution >= 0.6 is 0 Å². The number of aromatic amines is 2. The number of anilines is 1. The maximum Gasteiger partial charge on any atom is 0.340 e. The topological polar surface area (TPSA) is 121 Å². The molecular formula is C21H19N3O5S. The SMILES string of the molecule is CCOC(=O)c1c[nH]c2c(=O)[nH]c3ccc(S(=O)(=O)Nc4cccc(C)c4)cc3c12. The molecule has 4 aromatic rings. The summed E-state index contributed by atoms with van der Waals surface area (Å²) in [6.07, 6.45) is 1.39. The van der Waals surface area contributed by atoms with Gasteiger partial charge in [-0.25, -0.2) is 13.2 Å². The number of esters is 1. The average Bonchev–Trinajstić information content (AvgIpc) is 3.14. The van der Waals surface area contributed by atoms with Gasteiger partial charge in [0.25, 0.3) is 15.6 Å². The van der Waals surface area contributed by atoms with Gasteiger partial charge in [-0.3, -0.25) is 9.52 Å². The molecule has 0 fully saturated rings. The molecule has 0 atom stereocenters. The minimum Gasteiger partial charge on any atom is -0.462 e. The number of sulfonamides is 1. The van der Waals surface area contributed by atoms with Crippen LogP contribution in [0, 0.1) is 6.92 Å². The van der Waals surface area contributed by atoms with Crippen LogP contribution in [0.3, 0.4) is 0 Å². The smallest absolute Gasteiger partial charge is 0.340 e. The van der Waals surface area contributed by atoms with Gasteiger partial charge < -0.3 is 14.7 Å². The summed E-state index contributed by atoms with van der Waals surface area (Å²) in [5, 5.41) is 0.737. The predicted molar refractivity (Wildman–Crippen MR) is 114 cm³/mol. The maximum absolute atomic E-state index is 12.9. The van der Waals surface area contributed by atoms with Crippen molar-refractivity contribution in [3.63, 3.8) is 0 Å². The predicted octanol–water partition coefficient (Wildman–Crippen LogP) is 3.30. The van der Waals surface area contributed by atoms with E-state index in [1.807, 2.05) is 13.0 Å². The molecule has 154 valence electrons. The number of benzene rings is 2. The van der Waals surface area contributed by atoms with Gasteiger partial charge in [0.2, 0.25) is 0 Å². The molecule has 0 aliphatic carbocycles. The second-order valence-corrected chi connectivity index (χ2v) is 8.49. The number of hydrogen-bond acceptors (Lipinski definition) is 5. The molecular weight excluding hydrogens is 406 g/mol. The lowest BCUT2D eigenvalue weighted by Gasteiger charge is -2.10. The highest BCUT2D eigenvalue weighted by atomic mass is 32.2. The van der Waals surface area contributed by atoms with E-state index in [0.29, 0.717) is 22.0 Å². The summed E-state index contributed by atoms with van der Waals surface area (Å²) in [6, 6.07) is 11.3. The van der Waals surface area contributed by atoms with Crippen LogP contribution in [0.15, 0.2) is 58.4 Å². The lowest BCUT2D eigenvalue weighted by molar-refractivity contribution is 0.0529. The quantitative estimate of drug-likeness (QED) is 0.424. The molecule has 2 heterocycles. The fraction of sp³-hybridized carbons (Fsp3) is 0.143. The summed E-state index contributed by atoms with van der Waals surface area (Å²) in [4.78, 5) is 30.2. The zero-order valence-corrected chi connectivity index (χ0v) is 17.1. The molecule has 9 heteroatoms. The lowest BCUT2D eigenvalue weighted by Crippen LogP contribution is -2.13. The Hall–Kier alpha value is -3.59. The van der Waals surface area contributed by atoms with Crippen molar-refractivity contribution in [1.82, 2.24) is 9.97 Å². The Morgan fingerprint density at radius 2 is 1.97 bits per heavy atom. The molecule has 0 unspecified atom stereocenters. The van der Waals surface area contributed by atoms with E-state index in [1.165, 1.54) is 24.4 Å². The Balaban J connectivity index is 1.90. The third-order valence-electron chi connectivity index (χ3n) is 4.69. The number of ether oxygens (including phenoxy) is 1. The van der Waals surface area contributed by atoms with E-state index in [2.05, 4.69) is 14.7 Å². The second-order valence-electron chi connectivity index (χ2n) is 6.81. The molecule has 0 bridgehead atoms.